The molecule has 1 N–H and O–H groups in total. The van der Waals surface area contributed by atoms with Crippen molar-refractivity contribution in [2.45, 2.75) is 25.7 Å². The summed E-state index contributed by atoms with van der Waals surface area (Å²) in [5, 5.41) is 6.39. The second-order valence-corrected chi connectivity index (χ2v) is 5.46. The SMILES string of the molecule is Cc1ccc(SCC(=O)Nc2cc(C)no2)c(C)c1. The Balaban J connectivity index is 1.89. The lowest BCUT2D eigenvalue weighted by molar-refractivity contribution is -0.113. The van der Waals surface area contributed by atoms with Gasteiger partial charge in [-0.05, 0) is 32.4 Å². The number of nitrogens with zero attached hydrogens (tertiary/aromatic N) is 1. The first kappa shape index (κ1) is 13.7. The summed E-state index contributed by atoms with van der Waals surface area (Å²) in [6, 6.07) is 7.90. The number of nitrogens with one attached hydrogen (secondary N) is 1. The molecule has 0 fully saturated rings. The number of hydrogen-bond acceptors (Lipinski definition) is 4. The maximum atomic E-state index is 11.8. The average Bonchev–Trinajstić information content (AvgIpc) is 2.73. The summed E-state index contributed by atoms with van der Waals surface area (Å²) in [5.74, 6) is 0.647. The molecule has 0 aliphatic heterocycles. The minimum absolute atomic E-state index is 0.0962. The van der Waals surface area contributed by atoms with Crippen molar-refractivity contribution in [1.29, 1.82) is 0 Å². The summed E-state index contributed by atoms with van der Waals surface area (Å²) in [6.45, 7) is 5.91. The molecule has 1 aromatic carbocycles. The van der Waals surface area contributed by atoms with Gasteiger partial charge in [-0.15, -0.1) is 11.8 Å². The lowest BCUT2D eigenvalue weighted by Gasteiger charge is -2.06. The molecule has 0 spiro atoms. The first-order valence-corrected chi connectivity index (χ1v) is 6.96. The van der Waals surface area contributed by atoms with Crippen LogP contribution in [0.2, 0.25) is 0 Å². The van der Waals surface area contributed by atoms with E-state index < -0.39 is 0 Å². The molecule has 0 saturated carbocycles. The van der Waals surface area contributed by atoms with Gasteiger partial charge >= 0.3 is 0 Å². The van der Waals surface area contributed by atoms with E-state index in [1.54, 1.807) is 6.07 Å². The number of carbonyl (C=O) groups excluding carboxylic acids is 1. The van der Waals surface area contributed by atoms with Crippen molar-refractivity contribution in [1.82, 2.24) is 5.16 Å². The number of carbonyl (C=O) groups is 1. The number of aryl methyl sites for hydroxylation is 3. The highest BCUT2D eigenvalue weighted by atomic mass is 32.2. The number of benzene rings is 1. The Hall–Kier alpha value is -1.75. The van der Waals surface area contributed by atoms with Gasteiger partial charge in [-0.1, -0.05) is 22.9 Å². The molecule has 2 aromatic rings. The van der Waals surface area contributed by atoms with E-state index >= 15 is 0 Å². The van der Waals surface area contributed by atoms with Crippen LogP contribution in [0.1, 0.15) is 16.8 Å². The van der Waals surface area contributed by atoms with E-state index in [9.17, 15) is 4.79 Å². The van der Waals surface area contributed by atoms with Crippen LogP contribution in [0.3, 0.4) is 0 Å². The van der Waals surface area contributed by atoms with Gasteiger partial charge in [0.1, 0.15) is 0 Å². The Morgan fingerprint density at radius 3 is 2.74 bits per heavy atom. The number of amides is 1. The van der Waals surface area contributed by atoms with Crippen LogP contribution in [-0.2, 0) is 4.79 Å². The second kappa shape index (κ2) is 5.93. The molecular weight excluding hydrogens is 260 g/mol. The summed E-state index contributed by atoms with van der Waals surface area (Å²) in [6.07, 6.45) is 0. The van der Waals surface area contributed by atoms with Gasteiger partial charge < -0.3 is 4.52 Å². The fourth-order valence-electron chi connectivity index (χ4n) is 1.70. The zero-order valence-corrected chi connectivity index (χ0v) is 12.0. The fraction of sp³-hybridized carbons (Fsp3) is 0.286. The van der Waals surface area contributed by atoms with Crippen molar-refractivity contribution >= 4 is 23.6 Å². The molecule has 0 saturated heterocycles. The van der Waals surface area contributed by atoms with E-state index in [0.717, 1.165) is 10.6 Å². The summed E-state index contributed by atoms with van der Waals surface area (Å²) in [5.41, 5.74) is 3.16. The number of rotatable bonds is 4. The summed E-state index contributed by atoms with van der Waals surface area (Å²) in [4.78, 5) is 12.9. The minimum Gasteiger partial charge on any atom is -0.338 e. The molecule has 1 heterocycles. The largest absolute Gasteiger partial charge is 0.338 e. The third-order valence-corrected chi connectivity index (χ3v) is 3.76. The van der Waals surface area contributed by atoms with Gasteiger partial charge in [-0.25, -0.2) is 0 Å². The van der Waals surface area contributed by atoms with Crippen LogP contribution in [-0.4, -0.2) is 16.8 Å². The van der Waals surface area contributed by atoms with Crippen LogP contribution in [0, 0.1) is 20.8 Å². The van der Waals surface area contributed by atoms with Crippen LogP contribution in [0.15, 0.2) is 33.7 Å². The summed E-state index contributed by atoms with van der Waals surface area (Å²) < 4.78 is 4.94. The number of hydrogen-bond donors (Lipinski definition) is 1. The number of anilines is 1. The zero-order valence-electron chi connectivity index (χ0n) is 11.2. The molecule has 0 aliphatic rings. The smallest absolute Gasteiger partial charge is 0.237 e. The highest BCUT2D eigenvalue weighted by Crippen LogP contribution is 2.23. The van der Waals surface area contributed by atoms with Crippen LogP contribution >= 0.6 is 11.8 Å². The fourth-order valence-corrected chi connectivity index (χ4v) is 2.51. The Kier molecular flexibility index (Phi) is 4.27. The molecule has 0 bridgehead atoms. The predicted molar refractivity (Wildman–Crippen MR) is 76.5 cm³/mol. The number of aromatic nitrogens is 1. The summed E-state index contributed by atoms with van der Waals surface area (Å²) >= 11 is 1.52. The minimum atomic E-state index is -0.0962. The first-order valence-electron chi connectivity index (χ1n) is 5.98. The van der Waals surface area contributed by atoms with Gasteiger partial charge in [0, 0.05) is 11.0 Å². The highest BCUT2D eigenvalue weighted by Gasteiger charge is 2.08. The standard InChI is InChI=1S/C14H16N2O2S/c1-9-4-5-12(10(2)6-9)19-8-13(17)15-14-7-11(3)16-18-14/h4-7H,8H2,1-3H3,(H,15,17). The predicted octanol–water partition coefficient (Wildman–Crippen LogP) is 3.33. The van der Waals surface area contributed by atoms with Gasteiger partial charge in [-0.3, -0.25) is 10.1 Å². The third kappa shape index (κ3) is 3.86. The van der Waals surface area contributed by atoms with Crippen molar-refractivity contribution in [2.75, 3.05) is 11.1 Å². The molecule has 1 amide bonds. The van der Waals surface area contributed by atoms with Gasteiger partial charge in [0.25, 0.3) is 0 Å². The monoisotopic (exact) mass is 276 g/mol. The topological polar surface area (TPSA) is 55.1 Å². The zero-order chi connectivity index (χ0) is 13.8. The van der Waals surface area contributed by atoms with E-state index in [2.05, 4.69) is 23.5 Å². The van der Waals surface area contributed by atoms with E-state index in [1.807, 2.05) is 26.0 Å². The van der Waals surface area contributed by atoms with E-state index in [1.165, 1.54) is 22.9 Å². The van der Waals surface area contributed by atoms with Crippen LogP contribution in [0.4, 0.5) is 5.88 Å². The van der Waals surface area contributed by atoms with Gasteiger partial charge in [0.15, 0.2) is 0 Å². The van der Waals surface area contributed by atoms with Crippen molar-refractivity contribution < 1.29 is 9.32 Å². The Morgan fingerprint density at radius 1 is 1.32 bits per heavy atom. The van der Waals surface area contributed by atoms with E-state index in [4.69, 9.17) is 4.52 Å². The molecular formula is C14H16N2O2S. The van der Waals surface area contributed by atoms with E-state index in [-0.39, 0.29) is 5.91 Å². The molecule has 0 atom stereocenters. The molecule has 0 unspecified atom stereocenters. The summed E-state index contributed by atoms with van der Waals surface area (Å²) in [7, 11) is 0. The van der Waals surface area contributed by atoms with Gasteiger partial charge in [0.2, 0.25) is 11.8 Å². The normalized spacial score (nSPS) is 10.5. The molecule has 0 radical (unpaired) electrons. The molecule has 4 nitrogen and oxygen atoms in total. The Labute approximate surface area is 116 Å². The maximum absolute atomic E-state index is 11.8. The van der Waals surface area contributed by atoms with Crippen molar-refractivity contribution in [3.8, 4) is 0 Å². The van der Waals surface area contributed by atoms with Crippen molar-refractivity contribution in [2.24, 2.45) is 0 Å². The van der Waals surface area contributed by atoms with Gasteiger partial charge in [0.05, 0.1) is 11.4 Å². The second-order valence-electron chi connectivity index (χ2n) is 4.44. The molecule has 0 aliphatic carbocycles. The molecule has 2 rings (SSSR count). The average molecular weight is 276 g/mol. The van der Waals surface area contributed by atoms with Crippen LogP contribution < -0.4 is 5.32 Å². The molecule has 1 aromatic heterocycles. The third-order valence-electron chi connectivity index (χ3n) is 2.58. The van der Waals surface area contributed by atoms with Crippen molar-refractivity contribution in [3.63, 3.8) is 0 Å². The van der Waals surface area contributed by atoms with E-state index in [0.29, 0.717) is 11.6 Å². The Bertz CT molecular complexity index is 593. The van der Waals surface area contributed by atoms with Crippen LogP contribution in [0.25, 0.3) is 0 Å². The van der Waals surface area contributed by atoms with Crippen molar-refractivity contribution in [3.05, 3.63) is 41.1 Å². The van der Waals surface area contributed by atoms with Crippen LogP contribution in [0.5, 0.6) is 0 Å². The number of thioether (sulfide) groups is 1. The lowest BCUT2D eigenvalue weighted by atomic mass is 10.2. The highest BCUT2D eigenvalue weighted by molar-refractivity contribution is 8.00. The van der Waals surface area contributed by atoms with Gasteiger partial charge in [-0.2, -0.15) is 0 Å². The molecule has 100 valence electrons. The quantitative estimate of drug-likeness (QED) is 0.870. The Morgan fingerprint density at radius 2 is 2.11 bits per heavy atom. The first-order chi connectivity index (χ1) is 9.04. The molecule has 19 heavy (non-hydrogen) atoms. The maximum Gasteiger partial charge on any atom is 0.237 e. The lowest BCUT2D eigenvalue weighted by Crippen LogP contribution is -2.13. The molecule has 5 heteroatoms.